The van der Waals surface area contributed by atoms with Crippen LogP contribution in [0.1, 0.15) is 16.1 Å². The first-order valence-corrected chi connectivity index (χ1v) is 6.75. The van der Waals surface area contributed by atoms with Crippen molar-refractivity contribution in [3.8, 4) is 11.5 Å². The first-order chi connectivity index (χ1) is 10.3. The van der Waals surface area contributed by atoms with E-state index in [4.69, 9.17) is 14.0 Å². The SMILES string of the molecule is COc1ccc2c(c1)OCC(CNC(=O)c1ccno1)C2. The largest absolute Gasteiger partial charge is 0.497 e. The van der Waals surface area contributed by atoms with Crippen LogP contribution in [0.15, 0.2) is 35.0 Å². The summed E-state index contributed by atoms with van der Waals surface area (Å²) in [4.78, 5) is 11.8. The van der Waals surface area contributed by atoms with Crippen LogP contribution in [0, 0.1) is 5.92 Å². The van der Waals surface area contributed by atoms with Crippen LogP contribution < -0.4 is 14.8 Å². The predicted octanol–water partition coefficient (Wildman–Crippen LogP) is 1.66. The molecule has 6 nitrogen and oxygen atoms in total. The van der Waals surface area contributed by atoms with E-state index < -0.39 is 0 Å². The monoisotopic (exact) mass is 288 g/mol. The van der Waals surface area contributed by atoms with Gasteiger partial charge in [-0.1, -0.05) is 11.2 Å². The van der Waals surface area contributed by atoms with Crippen LogP contribution in [0.3, 0.4) is 0 Å². The number of nitrogens with zero attached hydrogens (tertiary/aromatic N) is 1. The molecular weight excluding hydrogens is 272 g/mol. The Morgan fingerprint density at radius 1 is 1.48 bits per heavy atom. The summed E-state index contributed by atoms with van der Waals surface area (Å²) in [5, 5.41) is 6.34. The Balaban J connectivity index is 1.58. The molecule has 6 heteroatoms. The predicted molar refractivity (Wildman–Crippen MR) is 74.5 cm³/mol. The molecule has 21 heavy (non-hydrogen) atoms. The van der Waals surface area contributed by atoms with Gasteiger partial charge in [0.25, 0.3) is 5.91 Å². The molecular formula is C15H16N2O4. The molecule has 3 rings (SSSR count). The number of amides is 1. The van der Waals surface area contributed by atoms with Crippen molar-refractivity contribution in [2.45, 2.75) is 6.42 Å². The van der Waals surface area contributed by atoms with Crippen LogP contribution in [-0.4, -0.2) is 31.3 Å². The number of rotatable bonds is 4. The lowest BCUT2D eigenvalue weighted by Crippen LogP contribution is -2.34. The number of hydrogen-bond acceptors (Lipinski definition) is 5. The van der Waals surface area contributed by atoms with E-state index in [-0.39, 0.29) is 17.6 Å². The topological polar surface area (TPSA) is 73.6 Å². The molecule has 0 saturated carbocycles. The quantitative estimate of drug-likeness (QED) is 0.926. The third-order valence-corrected chi connectivity index (χ3v) is 3.47. The molecule has 0 aliphatic carbocycles. The minimum Gasteiger partial charge on any atom is -0.497 e. The van der Waals surface area contributed by atoms with Gasteiger partial charge in [0, 0.05) is 24.6 Å². The van der Waals surface area contributed by atoms with E-state index in [1.54, 1.807) is 7.11 Å². The lowest BCUT2D eigenvalue weighted by atomic mass is 9.96. The minimum absolute atomic E-state index is 0.219. The number of methoxy groups -OCH3 is 1. The van der Waals surface area contributed by atoms with Crippen molar-refractivity contribution in [2.24, 2.45) is 5.92 Å². The van der Waals surface area contributed by atoms with Gasteiger partial charge in [0.2, 0.25) is 5.76 Å². The molecule has 1 aromatic heterocycles. The van der Waals surface area contributed by atoms with Crippen LogP contribution in [-0.2, 0) is 6.42 Å². The molecule has 1 unspecified atom stereocenters. The van der Waals surface area contributed by atoms with Gasteiger partial charge in [-0.2, -0.15) is 0 Å². The number of benzene rings is 1. The normalized spacial score (nSPS) is 16.7. The summed E-state index contributed by atoms with van der Waals surface area (Å²) in [7, 11) is 1.63. The second kappa shape index (κ2) is 5.87. The number of carbonyl (C=O) groups is 1. The standard InChI is InChI=1S/C15H16N2O4/c1-19-12-3-2-11-6-10(9-20-14(11)7-12)8-16-15(18)13-4-5-17-21-13/h2-5,7,10H,6,8-9H2,1H3,(H,16,18). The highest BCUT2D eigenvalue weighted by molar-refractivity contribution is 5.91. The maximum Gasteiger partial charge on any atom is 0.289 e. The number of carbonyl (C=O) groups excluding carboxylic acids is 1. The Kier molecular flexibility index (Phi) is 3.77. The third kappa shape index (κ3) is 2.99. The Labute approximate surface area is 122 Å². The van der Waals surface area contributed by atoms with E-state index in [9.17, 15) is 4.79 Å². The second-order valence-electron chi connectivity index (χ2n) is 4.94. The van der Waals surface area contributed by atoms with E-state index in [1.807, 2.05) is 18.2 Å². The van der Waals surface area contributed by atoms with Crippen molar-refractivity contribution in [2.75, 3.05) is 20.3 Å². The third-order valence-electron chi connectivity index (χ3n) is 3.47. The Morgan fingerprint density at radius 2 is 2.38 bits per heavy atom. The zero-order valence-electron chi connectivity index (χ0n) is 11.7. The Hall–Kier alpha value is -2.50. The Bertz CT molecular complexity index is 625. The lowest BCUT2D eigenvalue weighted by Gasteiger charge is -2.25. The number of nitrogens with one attached hydrogen (secondary N) is 1. The van der Waals surface area contributed by atoms with Crippen molar-refractivity contribution in [3.63, 3.8) is 0 Å². The van der Waals surface area contributed by atoms with Crippen molar-refractivity contribution in [1.29, 1.82) is 0 Å². The molecule has 110 valence electrons. The molecule has 1 aliphatic rings. The summed E-state index contributed by atoms with van der Waals surface area (Å²) in [5.74, 6) is 1.83. The van der Waals surface area contributed by atoms with Gasteiger partial charge in [0.15, 0.2) is 0 Å². The van der Waals surface area contributed by atoms with Crippen molar-refractivity contribution < 1.29 is 18.8 Å². The summed E-state index contributed by atoms with van der Waals surface area (Å²) >= 11 is 0. The summed E-state index contributed by atoms with van der Waals surface area (Å²) in [5.41, 5.74) is 1.13. The average molecular weight is 288 g/mol. The van der Waals surface area contributed by atoms with Crippen LogP contribution in [0.4, 0.5) is 0 Å². The molecule has 0 radical (unpaired) electrons. The number of fused-ring (bicyclic) bond motifs is 1. The molecule has 0 saturated heterocycles. The van der Waals surface area contributed by atoms with Crippen LogP contribution in [0.25, 0.3) is 0 Å². The fourth-order valence-electron chi connectivity index (χ4n) is 2.33. The average Bonchev–Trinajstić information content (AvgIpc) is 3.06. The molecule has 1 N–H and O–H groups in total. The van der Waals surface area contributed by atoms with E-state index in [0.717, 1.165) is 23.5 Å². The van der Waals surface area contributed by atoms with Crippen molar-refractivity contribution in [3.05, 3.63) is 41.8 Å². The van der Waals surface area contributed by atoms with Crippen LogP contribution in [0.5, 0.6) is 11.5 Å². The fraction of sp³-hybridized carbons (Fsp3) is 0.333. The van der Waals surface area contributed by atoms with Gasteiger partial charge in [-0.25, -0.2) is 0 Å². The maximum atomic E-state index is 11.8. The van der Waals surface area contributed by atoms with Crippen molar-refractivity contribution >= 4 is 5.91 Å². The summed E-state index contributed by atoms with van der Waals surface area (Å²) in [6, 6.07) is 7.34. The van der Waals surface area contributed by atoms with Crippen LogP contribution >= 0.6 is 0 Å². The highest BCUT2D eigenvalue weighted by Crippen LogP contribution is 2.30. The fourth-order valence-corrected chi connectivity index (χ4v) is 2.33. The smallest absolute Gasteiger partial charge is 0.289 e. The second-order valence-corrected chi connectivity index (χ2v) is 4.94. The molecule has 0 fully saturated rings. The zero-order valence-corrected chi connectivity index (χ0v) is 11.7. The van der Waals surface area contributed by atoms with E-state index in [2.05, 4.69) is 10.5 Å². The zero-order chi connectivity index (χ0) is 14.7. The molecule has 0 spiro atoms. The van der Waals surface area contributed by atoms with Gasteiger partial charge in [-0.05, 0) is 18.1 Å². The van der Waals surface area contributed by atoms with Gasteiger partial charge in [0.05, 0.1) is 19.9 Å². The summed E-state index contributed by atoms with van der Waals surface area (Å²) in [6.07, 6.45) is 2.30. The molecule has 1 amide bonds. The maximum absolute atomic E-state index is 11.8. The molecule has 1 atom stereocenters. The van der Waals surface area contributed by atoms with E-state index >= 15 is 0 Å². The highest BCUT2D eigenvalue weighted by atomic mass is 16.5. The lowest BCUT2D eigenvalue weighted by molar-refractivity contribution is 0.0902. The summed E-state index contributed by atoms with van der Waals surface area (Å²) in [6.45, 7) is 1.10. The first kappa shape index (κ1) is 13.5. The minimum atomic E-state index is -0.256. The molecule has 2 aromatic rings. The molecule has 0 bridgehead atoms. The highest BCUT2D eigenvalue weighted by Gasteiger charge is 2.21. The van der Waals surface area contributed by atoms with Crippen LogP contribution in [0.2, 0.25) is 0 Å². The van der Waals surface area contributed by atoms with Crippen molar-refractivity contribution in [1.82, 2.24) is 10.5 Å². The Morgan fingerprint density at radius 3 is 3.14 bits per heavy atom. The molecule has 2 heterocycles. The number of aromatic nitrogens is 1. The van der Waals surface area contributed by atoms with Gasteiger partial charge in [-0.3, -0.25) is 4.79 Å². The first-order valence-electron chi connectivity index (χ1n) is 6.75. The summed E-state index contributed by atoms with van der Waals surface area (Å²) < 4.78 is 15.7. The van der Waals surface area contributed by atoms with E-state index in [0.29, 0.717) is 13.2 Å². The van der Waals surface area contributed by atoms with Gasteiger partial charge >= 0.3 is 0 Å². The number of hydrogen-bond donors (Lipinski definition) is 1. The van der Waals surface area contributed by atoms with E-state index in [1.165, 1.54) is 12.3 Å². The van der Waals surface area contributed by atoms with Gasteiger partial charge in [-0.15, -0.1) is 0 Å². The van der Waals surface area contributed by atoms with Gasteiger partial charge < -0.3 is 19.3 Å². The molecule has 1 aliphatic heterocycles. The number of ether oxygens (including phenoxy) is 2. The van der Waals surface area contributed by atoms with Gasteiger partial charge in [0.1, 0.15) is 11.5 Å². The molecule has 1 aromatic carbocycles.